The number of amides is 1. The monoisotopic (exact) mass is 352 g/mol. The lowest BCUT2D eigenvalue weighted by Gasteiger charge is -2.08. The number of carbonyl (C=O) groups excluding carboxylic acids is 1. The van der Waals surface area contributed by atoms with E-state index in [1.807, 2.05) is 37.3 Å². The van der Waals surface area contributed by atoms with E-state index in [0.717, 1.165) is 23.2 Å². The van der Waals surface area contributed by atoms with Crippen LogP contribution in [0.3, 0.4) is 0 Å². The summed E-state index contributed by atoms with van der Waals surface area (Å²) in [6.07, 6.45) is 0.826. The Morgan fingerprint density at radius 1 is 1.08 bits per heavy atom. The molecule has 0 atom stereocenters. The second-order valence-corrected chi connectivity index (χ2v) is 5.61. The minimum Gasteiger partial charge on any atom is -0.493 e. The van der Waals surface area contributed by atoms with Crippen LogP contribution in [0.4, 0.5) is 5.69 Å². The summed E-state index contributed by atoms with van der Waals surface area (Å²) in [6.45, 7) is 2.04. The highest BCUT2D eigenvalue weighted by Gasteiger charge is 2.16. The first-order chi connectivity index (χ1) is 12.7. The molecule has 0 unspecified atom stereocenters. The molecule has 0 aliphatic heterocycles. The number of ether oxygens (including phenoxy) is 2. The fraction of sp³-hybridized carbons (Fsp3) is 0.200. The van der Waals surface area contributed by atoms with Crippen molar-refractivity contribution >= 4 is 11.6 Å². The maximum atomic E-state index is 12.5. The zero-order valence-corrected chi connectivity index (χ0v) is 14.9. The quantitative estimate of drug-likeness (QED) is 0.721. The lowest BCUT2D eigenvalue weighted by Crippen LogP contribution is -2.13. The molecule has 1 N–H and O–H groups in total. The number of anilines is 1. The molecule has 1 heterocycles. The summed E-state index contributed by atoms with van der Waals surface area (Å²) < 4.78 is 15.8. The Bertz CT molecular complexity index is 918. The van der Waals surface area contributed by atoms with Gasteiger partial charge in [0.05, 0.1) is 14.2 Å². The van der Waals surface area contributed by atoms with Gasteiger partial charge in [0.1, 0.15) is 0 Å². The number of hydrogen-bond acceptors (Lipinski definition) is 5. The van der Waals surface area contributed by atoms with Gasteiger partial charge >= 0.3 is 0 Å². The van der Waals surface area contributed by atoms with Gasteiger partial charge in [-0.05, 0) is 36.2 Å². The number of hydrogen-bond donors (Lipinski definition) is 1. The zero-order valence-electron chi connectivity index (χ0n) is 14.9. The van der Waals surface area contributed by atoms with E-state index in [2.05, 4.69) is 10.5 Å². The highest BCUT2D eigenvalue weighted by atomic mass is 16.5. The smallest absolute Gasteiger partial charge is 0.277 e. The molecule has 6 nitrogen and oxygen atoms in total. The van der Waals surface area contributed by atoms with Gasteiger partial charge in [0.15, 0.2) is 23.0 Å². The van der Waals surface area contributed by atoms with Crippen molar-refractivity contribution in [1.82, 2.24) is 5.16 Å². The maximum absolute atomic E-state index is 12.5. The van der Waals surface area contributed by atoms with Crippen molar-refractivity contribution in [3.63, 3.8) is 0 Å². The van der Waals surface area contributed by atoms with Gasteiger partial charge < -0.3 is 19.3 Å². The molecule has 0 aliphatic rings. The Morgan fingerprint density at radius 3 is 2.58 bits per heavy atom. The van der Waals surface area contributed by atoms with Gasteiger partial charge in [0.25, 0.3) is 5.91 Å². The topological polar surface area (TPSA) is 73.6 Å². The Hall–Kier alpha value is -3.28. The summed E-state index contributed by atoms with van der Waals surface area (Å²) in [5.74, 6) is 1.34. The van der Waals surface area contributed by atoms with Gasteiger partial charge in [-0.2, -0.15) is 0 Å². The summed E-state index contributed by atoms with van der Waals surface area (Å²) in [5, 5.41) is 6.76. The van der Waals surface area contributed by atoms with Gasteiger partial charge in [-0.15, -0.1) is 0 Å². The minimum absolute atomic E-state index is 0.209. The standard InChI is InChI=1S/C20H20N2O4/c1-4-13-7-5-6-8-15(13)21-20(23)16-12-18(26-22-16)14-9-10-17(24-2)19(11-14)25-3/h5-12H,4H2,1-3H3,(H,21,23). The average Bonchev–Trinajstić information content (AvgIpc) is 3.18. The molecule has 3 aromatic rings. The van der Waals surface area contributed by atoms with E-state index in [9.17, 15) is 4.79 Å². The van der Waals surface area contributed by atoms with E-state index in [1.165, 1.54) is 0 Å². The summed E-state index contributed by atoms with van der Waals surface area (Å²) in [6, 6.07) is 14.6. The molecule has 26 heavy (non-hydrogen) atoms. The Morgan fingerprint density at radius 2 is 1.85 bits per heavy atom. The molecule has 1 amide bonds. The molecule has 0 radical (unpaired) electrons. The van der Waals surface area contributed by atoms with Gasteiger partial charge in [0, 0.05) is 17.3 Å². The van der Waals surface area contributed by atoms with Gasteiger partial charge in [-0.3, -0.25) is 4.79 Å². The normalized spacial score (nSPS) is 10.4. The molecular formula is C20H20N2O4. The lowest BCUT2D eigenvalue weighted by atomic mass is 10.1. The Kier molecular flexibility index (Phi) is 5.22. The van der Waals surface area contributed by atoms with Crippen LogP contribution < -0.4 is 14.8 Å². The number of rotatable bonds is 6. The number of nitrogens with zero attached hydrogens (tertiary/aromatic N) is 1. The van der Waals surface area contributed by atoms with Crippen LogP contribution >= 0.6 is 0 Å². The van der Waals surface area contributed by atoms with Gasteiger partial charge in [-0.25, -0.2) is 0 Å². The Labute approximate surface area is 151 Å². The minimum atomic E-state index is -0.318. The van der Waals surface area contributed by atoms with Crippen molar-refractivity contribution in [2.45, 2.75) is 13.3 Å². The van der Waals surface area contributed by atoms with E-state index in [-0.39, 0.29) is 11.6 Å². The highest BCUT2D eigenvalue weighted by molar-refractivity contribution is 6.03. The van der Waals surface area contributed by atoms with E-state index in [0.29, 0.717) is 17.3 Å². The van der Waals surface area contributed by atoms with Crippen LogP contribution in [-0.2, 0) is 6.42 Å². The van der Waals surface area contributed by atoms with Crippen LogP contribution in [0.25, 0.3) is 11.3 Å². The van der Waals surface area contributed by atoms with E-state index < -0.39 is 0 Å². The molecule has 6 heteroatoms. The molecule has 1 aromatic heterocycles. The SMILES string of the molecule is CCc1ccccc1NC(=O)c1cc(-c2ccc(OC)c(OC)c2)on1. The molecular weight excluding hydrogens is 332 g/mol. The second kappa shape index (κ2) is 7.74. The van der Waals surface area contributed by atoms with Crippen LogP contribution in [0.1, 0.15) is 23.0 Å². The molecule has 3 rings (SSSR count). The Balaban J connectivity index is 1.82. The first kappa shape index (κ1) is 17.5. The number of aryl methyl sites for hydroxylation is 1. The van der Waals surface area contributed by atoms with Crippen LogP contribution in [0.2, 0.25) is 0 Å². The van der Waals surface area contributed by atoms with Crippen molar-refractivity contribution in [2.75, 3.05) is 19.5 Å². The third-order valence-electron chi connectivity index (χ3n) is 4.06. The van der Waals surface area contributed by atoms with Crippen LogP contribution in [0.15, 0.2) is 53.1 Å². The average molecular weight is 352 g/mol. The molecule has 0 bridgehead atoms. The predicted octanol–water partition coefficient (Wildman–Crippen LogP) is 4.17. The van der Waals surface area contributed by atoms with Crippen molar-refractivity contribution in [2.24, 2.45) is 0 Å². The zero-order chi connectivity index (χ0) is 18.5. The number of para-hydroxylation sites is 1. The number of aromatic nitrogens is 1. The molecule has 2 aromatic carbocycles. The van der Waals surface area contributed by atoms with Crippen LogP contribution in [0, 0.1) is 0 Å². The van der Waals surface area contributed by atoms with Gasteiger partial charge in [-0.1, -0.05) is 30.3 Å². The first-order valence-electron chi connectivity index (χ1n) is 8.24. The first-order valence-corrected chi connectivity index (χ1v) is 8.24. The summed E-state index contributed by atoms with van der Waals surface area (Å²) in [7, 11) is 3.13. The summed E-state index contributed by atoms with van der Waals surface area (Å²) in [5.41, 5.74) is 2.78. The number of methoxy groups -OCH3 is 2. The molecule has 0 saturated carbocycles. The van der Waals surface area contributed by atoms with Crippen molar-refractivity contribution in [3.8, 4) is 22.8 Å². The number of carbonyl (C=O) groups is 1. The van der Waals surface area contributed by atoms with Crippen LogP contribution in [0.5, 0.6) is 11.5 Å². The lowest BCUT2D eigenvalue weighted by molar-refractivity contribution is 0.101. The number of benzene rings is 2. The van der Waals surface area contributed by atoms with E-state index in [4.69, 9.17) is 14.0 Å². The highest BCUT2D eigenvalue weighted by Crippen LogP contribution is 2.32. The molecule has 0 saturated heterocycles. The van der Waals surface area contributed by atoms with Crippen molar-refractivity contribution < 1.29 is 18.8 Å². The predicted molar refractivity (Wildman–Crippen MR) is 98.8 cm³/mol. The fourth-order valence-electron chi connectivity index (χ4n) is 2.64. The van der Waals surface area contributed by atoms with Crippen molar-refractivity contribution in [1.29, 1.82) is 0 Å². The maximum Gasteiger partial charge on any atom is 0.277 e. The molecule has 134 valence electrons. The van der Waals surface area contributed by atoms with E-state index in [1.54, 1.807) is 32.4 Å². The van der Waals surface area contributed by atoms with Gasteiger partial charge in [0.2, 0.25) is 0 Å². The van der Waals surface area contributed by atoms with E-state index >= 15 is 0 Å². The largest absolute Gasteiger partial charge is 0.493 e. The molecule has 0 fully saturated rings. The van der Waals surface area contributed by atoms with Crippen LogP contribution in [-0.4, -0.2) is 25.3 Å². The summed E-state index contributed by atoms with van der Waals surface area (Å²) >= 11 is 0. The van der Waals surface area contributed by atoms with Crippen molar-refractivity contribution in [3.05, 3.63) is 59.8 Å². The third-order valence-corrected chi connectivity index (χ3v) is 4.06. The summed E-state index contributed by atoms with van der Waals surface area (Å²) in [4.78, 5) is 12.5. The fourth-order valence-corrected chi connectivity index (χ4v) is 2.64. The number of nitrogens with one attached hydrogen (secondary N) is 1. The third kappa shape index (κ3) is 3.54. The second-order valence-electron chi connectivity index (χ2n) is 5.61. The molecule has 0 aliphatic carbocycles. The molecule has 0 spiro atoms.